The maximum absolute atomic E-state index is 12.3. The number of piperidine rings is 1. The van der Waals surface area contributed by atoms with Crippen LogP contribution in [-0.4, -0.2) is 55.4 Å². The van der Waals surface area contributed by atoms with Gasteiger partial charge in [-0.15, -0.1) is 0 Å². The van der Waals surface area contributed by atoms with E-state index in [0.717, 1.165) is 16.6 Å². The van der Waals surface area contributed by atoms with E-state index in [9.17, 15) is 4.79 Å². The molecule has 0 bridgehead atoms. The average Bonchev–Trinajstić information content (AvgIpc) is 2.38. The SMILES string of the molecule is CN1CCCC(N(C)CC(=O)c2cccc(Br)c2)C1. The van der Waals surface area contributed by atoms with E-state index in [1.54, 1.807) is 0 Å². The van der Waals surface area contributed by atoms with Gasteiger partial charge >= 0.3 is 0 Å². The Labute approximate surface area is 123 Å². The number of benzene rings is 1. The zero-order valence-electron chi connectivity index (χ0n) is 11.6. The smallest absolute Gasteiger partial charge is 0.176 e. The molecule has 0 saturated carbocycles. The standard InChI is InChI=1S/C15H21BrN2O/c1-17-8-4-7-14(10-17)18(2)11-15(19)12-5-3-6-13(16)9-12/h3,5-6,9,14H,4,7-8,10-11H2,1-2H3. The summed E-state index contributed by atoms with van der Waals surface area (Å²) in [6.45, 7) is 2.72. The van der Waals surface area contributed by atoms with Gasteiger partial charge in [0.15, 0.2) is 5.78 Å². The summed E-state index contributed by atoms with van der Waals surface area (Å²) < 4.78 is 0.957. The molecule has 1 aromatic rings. The molecule has 3 nitrogen and oxygen atoms in total. The van der Waals surface area contributed by atoms with E-state index in [1.165, 1.54) is 19.4 Å². The molecule has 19 heavy (non-hydrogen) atoms. The van der Waals surface area contributed by atoms with Crippen LogP contribution in [0.25, 0.3) is 0 Å². The molecule has 1 unspecified atom stereocenters. The summed E-state index contributed by atoms with van der Waals surface area (Å²) in [6, 6.07) is 8.12. The highest BCUT2D eigenvalue weighted by Gasteiger charge is 2.22. The lowest BCUT2D eigenvalue weighted by atomic mass is 10.0. The highest BCUT2D eigenvalue weighted by molar-refractivity contribution is 9.10. The molecule has 2 rings (SSSR count). The molecule has 0 amide bonds. The van der Waals surface area contributed by atoms with Gasteiger partial charge in [-0.3, -0.25) is 9.69 Å². The number of rotatable bonds is 4. The van der Waals surface area contributed by atoms with Crippen molar-refractivity contribution >= 4 is 21.7 Å². The Kier molecular flexibility index (Phi) is 5.13. The molecule has 1 heterocycles. The Morgan fingerprint density at radius 3 is 3.00 bits per heavy atom. The van der Waals surface area contributed by atoms with Crippen molar-refractivity contribution in [3.05, 3.63) is 34.3 Å². The molecule has 1 fully saturated rings. The predicted molar refractivity (Wildman–Crippen MR) is 81.6 cm³/mol. The first-order valence-electron chi connectivity index (χ1n) is 6.74. The number of nitrogens with zero attached hydrogens (tertiary/aromatic N) is 2. The van der Waals surface area contributed by atoms with Crippen LogP contribution in [0, 0.1) is 0 Å². The molecule has 1 aliphatic heterocycles. The number of ketones is 1. The van der Waals surface area contributed by atoms with Crippen molar-refractivity contribution in [3.63, 3.8) is 0 Å². The fourth-order valence-corrected chi connectivity index (χ4v) is 3.01. The molecule has 4 heteroatoms. The Bertz CT molecular complexity index is 450. The summed E-state index contributed by atoms with van der Waals surface area (Å²) in [5, 5.41) is 0. The lowest BCUT2D eigenvalue weighted by Gasteiger charge is -2.35. The minimum absolute atomic E-state index is 0.192. The zero-order valence-corrected chi connectivity index (χ0v) is 13.2. The molecule has 1 aromatic carbocycles. The molecule has 1 saturated heterocycles. The largest absolute Gasteiger partial charge is 0.305 e. The first-order chi connectivity index (χ1) is 9.06. The number of hydrogen-bond acceptors (Lipinski definition) is 3. The fraction of sp³-hybridized carbons (Fsp3) is 0.533. The Hall–Kier alpha value is -0.710. The van der Waals surface area contributed by atoms with Crippen LogP contribution < -0.4 is 0 Å². The van der Waals surface area contributed by atoms with E-state index < -0.39 is 0 Å². The van der Waals surface area contributed by atoms with Crippen molar-refractivity contribution in [2.24, 2.45) is 0 Å². The average molecular weight is 325 g/mol. The highest BCUT2D eigenvalue weighted by atomic mass is 79.9. The van der Waals surface area contributed by atoms with E-state index in [1.807, 2.05) is 24.3 Å². The van der Waals surface area contributed by atoms with Crippen LogP contribution in [0.3, 0.4) is 0 Å². The summed E-state index contributed by atoms with van der Waals surface area (Å²) in [6.07, 6.45) is 2.41. The van der Waals surface area contributed by atoms with Crippen molar-refractivity contribution in [1.29, 1.82) is 0 Å². The summed E-state index contributed by atoms with van der Waals surface area (Å²) in [7, 11) is 4.20. The van der Waals surface area contributed by atoms with Crippen molar-refractivity contribution < 1.29 is 4.79 Å². The number of hydrogen-bond donors (Lipinski definition) is 0. The zero-order chi connectivity index (χ0) is 13.8. The van der Waals surface area contributed by atoms with Gasteiger partial charge in [-0.25, -0.2) is 0 Å². The summed E-state index contributed by atoms with van der Waals surface area (Å²) in [5.74, 6) is 0.192. The first-order valence-corrected chi connectivity index (χ1v) is 7.53. The molecule has 1 aliphatic rings. The monoisotopic (exact) mass is 324 g/mol. The minimum atomic E-state index is 0.192. The normalized spacial score (nSPS) is 20.7. The van der Waals surface area contributed by atoms with Crippen LogP contribution >= 0.6 is 15.9 Å². The number of halogens is 1. The molecular formula is C15H21BrN2O. The molecule has 0 N–H and O–H groups in total. The van der Waals surface area contributed by atoms with E-state index in [-0.39, 0.29) is 5.78 Å². The van der Waals surface area contributed by atoms with E-state index in [4.69, 9.17) is 0 Å². The number of carbonyl (C=O) groups excluding carboxylic acids is 1. The van der Waals surface area contributed by atoms with Crippen molar-refractivity contribution in [3.8, 4) is 0 Å². The summed E-state index contributed by atoms with van der Waals surface area (Å²) in [4.78, 5) is 16.8. The van der Waals surface area contributed by atoms with Crippen LogP contribution in [0.5, 0.6) is 0 Å². The van der Waals surface area contributed by atoms with Crippen molar-refractivity contribution in [2.75, 3.05) is 33.7 Å². The third kappa shape index (κ3) is 4.13. The fourth-order valence-electron chi connectivity index (χ4n) is 2.61. The van der Waals surface area contributed by atoms with Crippen molar-refractivity contribution in [1.82, 2.24) is 9.80 Å². The Balaban J connectivity index is 1.94. The van der Waals surface area contributed by atoms with Crippen LogP contribution in [-0.2, 0) is 0 Å². The first kappa shape index (κ1) is 14.7. The van der Waals surface area contributed by atoms with Crippen molar-refractivity contribution in [2.45, 2.75) is 18.9 Å². The van der Waals surface area contributed by atoms with Crippen LogP contribution in [0.1, 0.15) is 23.2 Å². The van der Waals surface area contributed by atoms with Gasteiger partial charge < -0.3 is 4.90 Å². The quantitative estimate of drug-likeness (QED) is 0.795. The molecular weight excluding hydrogens is 304 g/mol. The second-order valence-corrected chi connectivity index (χ2v) is 6.32. The lowest BCUT2D eigenvalue weighted by molar-refractivity contribution is 0.0857. The van der Waals surface area contributed by atoms with Gasteiger partial charge in [0.1, 0.15) is 0 Å². The summed E-state index contributed by atoms with van der Waals surface area (Å²) >= 11 is 3.41. The Morgan fingerprint density at radius 2 is 2.32 bits per heavy atom. The molecule has 1 atom stereocenters. The second-order valence-electron chi connectivity index (χ2n) is 5.41. The molecule has 104 valence electrons. The van der Waals surface area contributed by atoms with E-state index in [0.29, 0.717) is 12.6 Å². The predicted octanol–water partition coefficient (Wildman–Crippen LogP) is 2.66. The molecule has 0 aliphatic carbocycles. The van der Waals surface area contributed by atoms with E-state index in [2.05, 4.69) is 39.8 Å². The molecule has 0 spiro atoms. The van der Waals surface area contributed by atoms with Gasteiger partial charge in [0.2, 0.25) is 0 Å². The maximum atomic E-state index is 12.3. The van der Waals surface area contributed by atoms with Gasteiger partial charge in [0.05, 0.1) is 6.54 Å². The van der Waals surface area contributed by atoms with Crippen LogP contribution in [0.15, 0.2) is 28.7 Å². The minimum Gasteiger partial charge on any atom is -0.305 e. The lowest BCUT2D eigenvalue weighted by Crippen LogP contribution is -2.46. The Morgan fingerprint density at radius 1 is 1.53 bits per heavy atom. The maximum Gasteiger partial charge on any atom is 0.176 e. The topological polar surface area (TPSA) is 23.6 Å². The van der Waals surface area contributed by atoms with E-state index >= 15 is 0 Å². The van der Waals surface area contributed by atoms with Gasteiger partial charge in [0, 0.05) is 22.6 Å². The third-order valence-corrected chi connectivity index (χ3v) is 4.26. The summed E-state index contributed by atoms with van der Waals surface area (Å²) in [5.41, 5.74) is 0.783. The number of Topliss-reactive ketones (excluding diaryl/α,β-unsaturated/α-hetero) is 1. The van der Waals surface area contributed by atoms with Gasteiger partial charge in [-0.1, -0.05) is 28.1 Å². The number of likely N-dealkylation sites (tertiary alicyclic amines) is 1. The number of likely N-dealkylation sites (N-methyl/N-ethyl adjacent to an activating group) is 2. The number of carbonyl (C=O) groups is 1. The van der Waals surface area contributed by atoms with Gasteiger partial charge in [0.25, 0.3) is 0 Å². The van der Waals surface area contributed by atoms with Gasteiger partial charge in [-0.05, 0) is 45.6 Å². The second kappa shape index (κ2) is 6.64. The molecule has 0 aromatic heterocycles. The van der Waals surface area contributed by atoms with Gasteiger partial charge in [-0.2, -0.15) is 0 Å². The van der Waals surface area contributed by atoms with Crippen LogP contribution in [0.4, 0.5) is 0 Å². The van der Waals surface area contributed by atoms with Crippen LogP contribution in [0.2, 0.25) is 0 Å². The highest BCUT2D eigenvalue weighted by Crippen LogP contribution is 2.16. The molecule has 0 radical (unpaired) electrons. The third-order valence-electron chi connectivity index (χ3n) is 3.76.